The molecule has 6 heteroatoms. The van der Waals surface area contributed by atoms with E-state index in [1.165, 1.54) is 20.2 Å². The summed E-state index contributed by atoms with van der Waals surface area (Å²) in [5.41, 5.74) is 1.10. The van der Waals surface area contributed by atoms with Crippen molar-refractivity contribution in [3.63, 3.8) is 0 Å². The van der Waals surface area contributed by atoms with Gasteiger partial charge in [0.25, 0.3) is 0 Å². The maximum atomic E-state index is 12.0. The molecule has 1 aromatic carbocycles. The second-order valence-corrected chi connectivity index (χ2v) is 6.15. The lowest BCUT2D eigenvalue weighted by atomic mass is 10.1. The van der Waals surface area contributed by atoms with Crippen LogP contribution in [0.4, 0.5) is 0 Å². The van der Waals surface area contributed by atoms with Crippen LogP contribution in [0.5, 0.6) is 0 Å². The molecular weight excluding hydrogens is 242 g/mol. The average molecular weight is 257 g/mol. The molecule has 0 aliphatic rings. The summed E-state index contributed by atoms with van der Waals surface area (Å²) in [5, 5.41) is 8.98. The first kappa shape index (κ1) is 13.7. The summed E-state index contributed by atoms with van der Waals surface area (Å²) < 4.78 is 25.0. The van der Waals surface area contributed by atoms with Crippen LogP contribution in [0.25, 0.3) is 0 Å². The van der Waals surface area contributed by atoms with Crippen molar-refractivity contribution in [1.82, 2.24) is 4.31 Å². The molecule has 0 aliphatic heterocycles. The van der Waals surface area contributed by atoms with E-state index in [4.69, 9.17) is 5.11 Å². The second-order valence-electron chi connectivity index (χ2n) is 4.03. The van der Waals surface area contributed by atoms with Crippen LogP contribution in [0.3, 0.4) is 0 Å². The number of aromatic carboxylic acids is 1. The van der Waals surface area contributed by atoms with Crippen LogP contribution >= 0.6 is 0 Å². The van der Waals surface area contributed by atoms with Crippen LogP contribution in [-0.2, 0) is 10.0 Å². The fourth-order valence-electron chi connectivity index (χ4n) is 1.54. The lowest BCUT2D eigenvalue weighted by Crippen LogP contribution is -2.23. The van der Waals surface area contributed by atoms with E-state index >= 15 is 0 Å². The van der Waals surface area contributed by atoms with Crippen molar-refractivity contribution in [2.75, 3.05) is 14.1 Å². The fourth-order valence-corrected chi connectivity index (χ4v) is 2.66. The van der Waals surface area contributed by atoms with E-state index in [9.17, 15) is 13.2 Å². The number of benzene rings is 1. The standard InChI is InChI=1S/C11H15NO4S/c1-7-5-8(2)10(6-9(7)11(13)14)17(15,16)12(3)4/h5-6H,1-4H3,(H,13,14). The van der Waals surface area contributed by atoms with Crippen LogP contribution < -0.4 is 0 Å². The molecule has 0 unspecified atom stereocenters. The van der Waals surface area contributed by atoms with Gasteiger partial charge in [0.1, 0.15) is 0 Å². The van der Waals surface area contributed by atoms with Gasteiger partial charge in [0.2, 0.25) is 10.0 Å². The smallest absolute Gasteiger partial charge is 0.335 e. The zero-order valence-corrected chi connectivity index (χ0v) is 11.0. The Morgan fingerprint density at radius 1 is 1.18 bits per heavy atom. The molecule has 0 heterocycles. The minimum absolute atomic E-state index is 0.0102. The molecule has 5 nitrogen and oxygen atoms in total. The predicted molar refractivity (Wildman–Crippen MR) is 63.7 cm³/mol. The maximum absolute atomic E-state index is 12.0. The van der Waals surface area contributed by atoms with Crippen molar-refractivity contribution < 1.29 is 18.3 Å². The number of nitrogens with zero attached hydrogens (tertiary/aromatic N) is 1. The number of hydrogen-bond acceptors (Lipinski definition) is 3. The molecule has 0 aromatic heterocycles. The number of hydrogen-bond donors (Lipinski definition) is 1. The zero-order chi connectivity index (χ0) is 13.4. The minimum Gasteiger partial charge on any atom is -0.478 e. The van der Waals surface area contributed by atoms with Crippen LogP contribution in [0.15, 0.2) is 17.0 Å². The van der Waals surface area contributed by atoms with Crippen molar-refractivity contribution in [3.8, 4) is 0 Å². The van der Waals surface area contributed by atoms with Crippen LogP contribution in [0, 0.1) is 13.8 Å². The topological polar surface area (TPSA) is 74.7 Å². The molecule has 0 amide bonds. The normalized spacial score (nSPS) is 11.8. The first-order valence-corrected chi connectivity index (χ1v) is 6.39. The molecule has 1 rings (SSSR count). The Balaban J connectivity index is 3.57. The van der Waals surface area contributed by atoms with Crippen molar-refractivity contribution in [2.24, 2.45) is 0 Å². The minimum atomic E-state index is -3.61. The van der Waals surface area contributed by atoms with Gasteiger partial charge in [0.05, 0.1) is 10.5 Å². The van der Waals surface area contributed by atoms with Crippen LogP contribution in [0.1, 0.15) is 21.5 Å². The quantitative estimate of drug-likeness (QED) is 0.884. The largest absolute Gasteiger partial charge is 0.478 e. The Labute approximate surface area is 101 Å². The van der Waals surface area contributed by atoms with Gasteiger partial charge in [-0.1, -0.05) is 6.07 Å². The summed E-state index contributed by atoms with van der Waals surface area (Å²) >= 11 is 0. The van der Waals surface area contributed by atoms with Gasteiger partial charge in [0, 0.05) is 14.1 Å². The van der Waals surface area contributed by atoms with Gasteiger partial charge in [-0.2, -0.15) is 0 Å². The number of carboxylic acid groups (broad SMARTS) is 1. The Kier molecular flexibility index (Phi) is 3.59. The molecule has 0 radical (unpaired) electrons. The van der Waals surface area contributed by atoms with Crippen LogP contribution in [-0.4, -0.2) is 37.9 Å². The molecular formula is C11H15NO4S. The van der Waals surface area contributed by atoms with Gasteiger partial charge in [0.15, 0.2) is 0 Å². The zero-order valence-electron chi connectivity index (χ0n) is 10.2. The molecule has 0 fully saturated rings. The molecule has 0 spiro atoms. The summed E-state index contributed by atoms with van der Waals surface area (Å²) in [6, 6.07) is 2.78. The van der Waals surface area contributed by atoms with Crippen LogP contribution in [0.2, 0.25) is 0 Å². The molecule has 0 aliphatic carbocycles. The van der Waals surface area contributed by atoms with Crippen molar-refractivity contribution in [3.05, 3.63) is 28.8 Å². The van der Waals surface area contributed by atoms with E-state index in [0.717, 1.165) is 4.31 Å². The molecule has 0 saturated carbocycles. The van der Waals surface area contributed by atoms with E-state index in [-0.39, 0.29) is 10.5 Å². The van der Waals surface area contributed by atoms with Gasteiger partial charge in [-0.25, -0.2) is 17.5 Å². The van der Waals surface area contributed by atoms with E-state index < -0.39 is 16.0 Å². The maximum Gasteiger partial charge on any atom is 0.335 e. The lowest BCUT2D eigenvalue weighted by molar-refractivity contribution is 0.0696. The van der Waals surface area contributed by atoms with Crippen molar-refractivity contribution in [2.45, 2.75) is 18.7 Å². The molecule has 0 atom stereocenters. The highest BCUT2D eigenvalue weighted by Gasteiger charge is 2.22. The Hall–Kier alpha value is -1.40. The van der Waals surface area contributed by atoms with Crippen molar-refractivity contribution in [1.29, 1.82) is 0 Å². The number of carboxylic acids is 1. The third-order valence-electron chi connectivity index (χ3n) is 2.51. The fraction of sp³-hybridized carbons (Fsp3) is 0.364. The highest BCUT2D eigenvalue weighted by molar-refractivity contribution is 7.89. The Bertz CT molecular complexity index is 561. The molecule has 1 aromatic rings. The van der Waals surface area contributed by atoms with Crippen molar-refractivity contribution >= 4 is 16.0 Å². The summed E-state index contributed by atoms with van der Waals surface area (Å²) in [6.45, 7) is 3.29. The number of sulfonamides is 1. The van der Waals surface area contributed by atoms with Gasteiger partial charge in [-0.3, -0.25) is 0 Å². The highest BCUT2D eigenvalue weighted by atomic mass is 32.2. The number of aryl methyl sites for hydroxylation is 2. The number of rotatable bonds is 3. The Morgan fingerprint density at radius 2 is 1.71 bits per heavy atom. The predicted octanol–water partition coefficient (Wildman–Crippen LogP) is 1.25. The molecule has 1 N–H and O–H groups in total. The van der Waals surface area contributed by atoms with Gasteiger partial charge in [-0.15, -0.1) is 0 Å². The molecule has 17 heavy (non-hydrogen) atoms. The highest BCUT2D eigenvalue weighted by Crippen LogP contribution is 2.22. The third kappa shape index (κ3) is 2.48. The second kappa shape index (κ2) is 4.46. The summed E-state index contributed by atoms with van der Waals surface area (Å²) in [7, 11) is -0.787. The average Bonchev–Trinajstić information content (AvgIpc) is 2.15. The Morgan fingerprint density at radius 3 is 2.12 bits per heavy atom. The molecule has 0 bridgehead atoms. The van der Waals surface area contributed by atoms with E-state index in [1.54, 1.807) is 19.9 Å². The summed E-state index contributed by atoms with van der Waals surface area (Å²) in [5.74, 6) is -1.13. The number of carbonyl (C=O) groups is 1. The summed E-state index contributed by atoms with van der Waals surface area (Å²) in [4.78, 5) is 11.0. The van der Waals surface area contributed by atoms with Gasteiger partial charge >= 0.3 is 5.97 Å². The first-order chi connectivity index (χ1) is 7.67. The first-order valence-electron chi connectivity index (χ1n) is 4.95. The lowest BCUT2D eigenvalue weighted by Gasteiger charge is -2.15. The molecule has 94 valence electrons. The third-order valence-corrected chi connectivity index (χ3v) is 4.47. The SMILES string of the molecule is Cc1cc(C)c(S(=O)(=O)N(C)C)cc1C(=O)O. The van der Waals surface area contributed by atoms with Gasteiger partial charge < -0.3 is 5.11 Å². The van der Waals surface area contributed by atoms with Gasteiger partial charge in [-0.05, 0) is 31.0 Å². The summed E-state index contributed by atoms with van der Waals surface area (Å²) in [6.07, 6.45) is 0. The van der Waals surface area contributed by atoms with E-state index in [2.05, 4.69) is 0 Å². The molecule has 0 saturated heterocycles. The van der Waals surface area contributed by atoms with E-state index in [0.29, 0.717) is 11.1 Å². The van der Waals surface area contributed by atoms with E-state index in [1.807, 2.05) is 0 Å². The monoisotopic (exact) mass is 257 g/mol.